The van der Waals surface area contributed by atoms with E-state index in [1.165, 1.54) is 64.2 Å². The molecule has 29 heavy (non-hydrogen) atoms. The van der Waals surface area contributed by atoms with Crippen LogP contribution < -0.4 is 0 Å². The fraction of sp³-hybridized carbons (Fsp3) is 0.909. The summed E-state index contributed by atoms with van der Waals surface area (Å²) in [5, 5.41) is 47.2. The maximum absolute atomic E-state index is 11.1. The van der Waals surface area contributed by atoms with Crippen LogP contribution in [0.4, 0.5) is 0 Å². The number of hydrogen-bond acceptors (Lipinski definition) is 6. The zero-order chi connectivity index (χ0) is 22.1. The van der Waals surface area contributed by atoms with Gasteiger partial charge < -0.3 is 25.5 Å². The van der Waals surface area contributed by atoms with Gasteiger partial charge in [0.2, 0.25) is 0 Å². The van der Waals surface area contributed by atoms with Crippen LogP contribution in [0.2, 0.25) is 0 Å². The van der Waals surface area contributed by atoms with E-state index < -0.39 is 36.2 Å². The molecule has 0 aromatic carbocycles. The molecule has 0 saturated heterocycles. The number of carboxylic acids is 1. The van der Waals surface area contributed by atoms with Crippen molar-refractivity contribution in [2.45, 2.75) is 128 Å². The third kappa shape index (κ3) is 13.8. The molecule has 0 aliphatic carbocycles. The van der Waals surface area contributed by atoms with Crippen molar-refractivity contribution in [3.8, 4) is 0 Å². The topological polar surface area (TPSA) is 135 Å². The first-order chi connectivity index (χ1) is 13.8. The molecular formula is C22H42O7. The van der Waals surface area contributed by atoms with Gasteiger partial charge in [-0.1, -0.05) is 96.8 Å². The molecule has 4 atom stereocenters. The second-order valence-electron chi connectivity index (χ2n) is 8.05. The van der Waals surface area contributed by atoms with Crippen molar-refractivity contribution in [3.63, 3.8) is 0 Å². The summed E-state index contributed by atoms with van der Waals surface area (Å²) in [6.07, 6.45) is 9.62. The molecule has 0 aromatic rings. The monoisotopic (exact) mass is 418 g/mol. The number of aliphatic hydroxyl groups excluding tert-OH is 4. The molecule has 0 aromatic heterocycles. The molecule has 0 fully saturated rings. The highest BCUT2D eigenvalue weighted by Crippen LogP contribution is 2.15. The Labute approximate surface area is 175 Å². The van der Waals surface area contributed by atoms with Crippen molar-refractivity contribution >= 4 is 11.8 Å². The van der Waals surface area contributed by atoms with Crippen molar-refractivity contribution in [2.24, 2.45) is 0 Å². The first-order valence-corrected chi connectivity index (χ1v) is 11.3. The molecule has 5 N–H and O–H groups in total. The van der Waals surface area contributed by atoms with Gasteiger partial charge in [-0.15, -0.1) is 0 Å². The predicted molar refractivity (Wildman–Crippen MR) is 112 cm³/mol. The van der Waals surface area contributed by atoms with Gasteiger partial charge in [0.05, 0.1) is 6.10 Å². The van der Waals surface area contributed by atoms with Crippen molar-refractivity contribution in [1.82, 2.24) is 0 Å². The smallest absolute Gasteiger partial charge is 0.375 e. The first-order valence-electron chi connectivity index (χ1n) is 11.3. The lowest BCUT2D eigenvalue weighted by Crippen LogP contribution is -2.49. The maximum Gasteiger partial charge on any atom is 0.375 e. The van der Waals surface area contributed by atoms with E-state index in [0.29, 0.717) is 6.42 Å². The Bertz CT molecular complexity index is 427. The zero-order valence-corrected chi connectivity index (χ0v) is 18.0. The number of ketones is 1. The average molecular weight is 419 g/mol. The largest absolute Gasteiger partial charge is 0.475 e. The number of unbranched alkanes of at least 4 members (excludes halogenated alkanes) is 13. The number of carbonyl (C=O) groups excluding carboxylic acids is 1. The Morgan fingerprint density at radius 2 is 1.00 bits per heavy atom. The minimum atomic E-state index is -2.26. The molecule has 0 spiro atoms. The Kier molecular flexibility index (Phi) is 17.2. The summed E-state index contributed by atoms with van der Waals surface area (Å²) in [5.41, 5.74) is 0. The van der Waals surface area contributed by atoms with Gasteiger partial charge in [0.15, 0.2) is 6.10 Å². The number of aliphatic hydroxyl groups is 4. The number of Topliss-reactive ketones (excluding diaryl/α,β-unsaturated/α-hetero) is 1. The average Bonchev–Trinajstić information content (AvgIpc) is 2.71. The van der Waals surface area contributed by atoms with Crippen molar-refractivity contribution in [2.75, 3.05) is 0 Å². The highest BCUT2D eigenvalue weighted by Gasteiger charge is 2.36. The predicted octanol–water partition coefficient (Wildman–Crippen LogP) is 2.96. The molecule has 0 saturated carbocycles. The number of aliphatic carboxylic acids is 1. The van der Waals surface area contributed by atoms with Gasteiger partial charge in [0.1, 0.15) is 12.2 Å². The van der Waals surface area contributed by atoms with E-state index in [1.54, 1.807) is 0 Å². The van der Waals surface area contributed by atoms with Crippen LogP contribution in [0.3, 0.4) is 0 Å². The molecule has 0 bridgehead atoms. The second kappa shape index (κ2) is 17.8. The van der Waals surface area contributed by atoms with Gasteiger partial charge in [-0.3, -0.25) is 4.79 Å². The van der Waals surface area contributed by atoms with Crippen molar-refractivity contribution < 1.29 is 35.1 Å². The van der Waals surface area contributed by atoms with Gasteiger partial charge in [-0.25, -0.2) is 4.79 Å². The molecule has 0 rings (SSSR count). The molecule has 0 radical (unpaired) electrons. The molecule has 0 aliphatic heterocycles. The minimum absolute atomic E-state index is 0.213. The first kappa shape index (κ1) is 28.0. The summed E-state index contributed by atoms with van der Waals surface area (Å²) >= 11 is 0. The van der Waals surface area contributed by atoms with Crippen LogP contribution in [-0.4, -0.2) is 61.7 Å². The number of carbonyl (C=O) groups is 2. The standard InChI is InChI=1S/C22H42O7/c1-2-3-4-5-6-7-8-9-10-11-12-13-14-15-16-17(23)18(24)19(25)20(26)21(27)22(28)29/h17-20,23-26H,2-16H2,1H3,(H,28,29)/t17?,18-,19+,20-/m0/s1. The lowest BCUT2D eigenvalue weighted by atomic mass is 9.96. The van der Waals surface area contributed by atoms with Crippen LogP contribution in [0.5, 0.6) is 0 Å². The van der Waals surface area contributed by atoms with Crippen LogP contribution in [-0.2, 0) is 9.59 Å². The Morgan fingerprint density at radius 1 is 0.621 bits per heavy atom. The lowest BCUT2D eigenvalue weighted by molar-refractivity contribution is -0.161. The summed E-state index contributed by atoms with van der Waals surface area (Å²) in [6.45, 7) is 2.23. The third-order valence-electron chi connectivity index (χ3n) is 5.40. The van der Waals surface area contributed by atoms with E-state index in [-0.39, 0.29) is 6.42 Å². The summed E-state index contributed by atoms with van der Waals surface area (Å²) in [5.74, 6) is -3.51. The highest BCUT2D eigenvalue weighted by molar-refractivity contribution is 6.34. The molecule has 7 heteroatoms. The summed E-state index contributed by atoms with van der Waals surface area (Å²) in [7, 11) is 0. The Hall–Kier alpha value is -1.02. The third-order valence-corrected chi connectivity index (χ3v) is 5.40. The van der Waals surface area contributed by atoms with E-state index >= 15 is 0 Å². The SMILES string of the molecule is CCCCCCCCCCCCCCCCC(O)[C@H](O)[C@@H](O)[C@H](O)C(=O)C(=O)O. The van der Waals surface area contributed by atoms with Crippen LogP contribution in [0.25, 0.3) is 0 Å². The fourth-order valence-electron chi connectivity index (χ4n) is 3.41. The molecule has 0 amide bonds. The Morgan fingerprint density at radius 3 is 1.38 bits per heavy atom. The summed E-state index contributed by atoms with van der Waals surface area (Å²) < 4.78 is 0. The number of hydrogen-bond donors (Lipinski definition) is 5. The van der Waals surface area contributed by atoms with Crippen molar-refractivity contribution in [3.05, 3.63) is 0 Å². The molecule has 0 aliphatic rings. The highest BCUT2D eigenvalue weighted by atomic mass is 16.4. The lowest BCUT2D eigenvalue weighted by Gasteiger charge is -2.25. The summed E-state index contributed by atoms with van der Waals surface area (Å²) in [4.78, 5) is 21.6. The van der Waals surface area contributed by atoms with Crippen LogP contribution in [0, 0.1) is 0 Å². The number of rotatable bonds is 20. The molecule has 1 unspecified atom stereocenters. The van der Waals surface area contributed by atoms with Crippen LogP contribution in [0.15, 0.2) is 0 Å². The van der Waals surface area contributed by atoms with Gasteiger partial charge >= 0.3 is 5.97 Å². The number of carboxylic acid groups (broad SMARTS) is 1. The molecule has 7 nitrogen and oxygen atoms in total. The van der Waals surface area contributed by atoms with Gasteiger partial charge in [-0.05, 0) is 6.42 Å². The maximum atomic E-state index is 11.1. The molecule has 0 heterocycles. The minimum Gasteiger partial charge on any atom is -0.475 e. The second-order valence-corrected chi connectivity index (χ2v) is 8.05. The normalized spacial score (nSPS) is 15.6. The van der Waals surface area contributed by atoms with Crippen LogP contribution in [0.1, 0.15) is 103 Å². The zero-order valence-electron chi connectivity index (χ0n) is 18.0. The Balaban J connectivity index is 3.63. The fourth-order valence-corrected chi connectivity index (χ4v) is 3.41. The van der Waals surface area contributed by atoms with E-state index in [4.69, 9.17) is 5.11 Å². The van der Waals surface area contributed by atoms with E-state index in [2.05, 4.69) is 6.92 Å². The van der Waals surface area contributed by atoms with E-state index in [1.807, 2.05) is 0 Å². The van der Waals surface area contributed by atoms with Crippen molar-refractivity contribution in [1.29, 1.82) is 0 Å². The van der Waals surface area contributed by atoms with Gasteiger partial charge in [0, 0.05) is 0 Å². The van der Waals surface area contributed by atoms with Gasteiger partial charge in [-0.2, -0.15) is 0 Å². The van der Waals surface area contributed by atoms with E-state index in [0.717, 1.165) is 19.3 Å². The summed E-state index contributed by atoms with van der Waals surface area (Å²) in [6, 6.07) is 0. The molecule has 172 valence electrons. The van der Waals surface area contributed by atoms with Gasteiger partial charge in [0.25, 0.3) is 5.78 Å². The van der Waals surface area contributed by atoms with E-state index in [9.17, 15) is 30.0 Å². The molecular weight excluding hydrogens is 376 g/mol. The van der Waals surface area contributed by atoms with Crippen LogP contribution >= 0.6 is 0 Å². The quantitative estimate of drug-likeness (QED) is 0.151.